The molecule has 0 spiro atoms. The molecule has 2 N–H and O–H groups in total. The molecule has 2 aliphatic rings. The van der Waals surface area contributed by atoms with Crippen LogP contribution in [-0.4, -0.2) is 38.2 Å². The van der Waals surface area contributed by atoms with Gasteiger partial charge in [-0.2, -0.15) is 0 Å². The largest absolute Gasteiger partial charge is 0.380 e. The first kappa shape index (κ1) is 13.3. The number of ether oxygens (including phenoxy) is 1. The van der Waals surface area contributed by atoms with Crippen LogP contribution in [0.25, 0.3) is 0 Å². The zero-order chi connectivity index (χ0) is 12.5. The predicted octanol–water partition coefficient (Wildman–Crippen LogP) is 1.10. The first-order chi connectivity index (χ1) is 8.01. The average Bonchev–Trinajstić information content (AvgIpc) is 2.29. The van der Waals surface area contributed by atoms with Crippen LogP contribution in [0.15, 0.2) is 0 Å². The van der Waals surface area contributed by atoms with Crippen molar-refractivity contribution >= 4 is 9.84 Å². The van der Waals surface area contributed by atoms with Crippen molar-refractivity contribution in [2.24, 2.45) is 11.7 Å². The van der Waals surface area contributed by atoms with Crippen LogP contribution in [0.3, 0.4) is 0 Å². The van der Waals surface area contributed by atoms with Gasteiger partial charge in [-0.3, -0.25) is 0 Å². The van der Waals surface area contributed by atoms with Crippen molar-refractivity contribution in [2.45, 2.75) is 55.6 Å². The molecule has 0 radical (unpaired) electrons. The molecule has 0 aromatic carbocycles. The molecule has 0 aromatic heterocycles. The molecule has 1 heterocycles. The minimum Gasteiger partial charge on any atom is -0.380 e. The highest BCUT2D eigenvalue weighted by Crippen LogP contribution is 2.31. The molecule has 100 valence electrons. The van der Waals surface area contributed by atoms with E-state index in [4.69, 9.17) is 10.5 Å². The predicted molar refractivity (Wildman–Crippen MR) is 67.5 cm³/mol. The van der Waals surface area contributed by atoms with E-state index in [-0.39, 0.29) is 17.9 Å². The van der Waals surface area contributed by atoms with Crippen LogP contribution in [0.4, 0.5) is 0 Å². The summed E-state index contributed by atoms with van der Waals surface area (Å²) in [6.07, 6.45) is 4.43. The second-order valence-electron chi connectivity index (χ2n) is 5.55. The van der Waals surface area contributed by atoms with E-state index >= 15 is 0 Å². The summed E-state index contributed by atoms with van der Waals surface area (Å²) in [4.78, 5) is 0. The van der Waals surface area contributed by atoms with Gasteiger partial charge in [0.15, 0.2) is 9.84 Å². The van der Waals surface area contributed by atoms with Crippen molar-refractivity contribution in [1.82, 2.24) is 0 Å². The van der Waals surface area contributed by atoms with Crippen molar-refractivity contribution in [3.63, 3.8) is 0 Å². The summed E-state index contributed by atoms with van der Waals surface area (Å²) in [6.45, 7) is 3.02. The SMILES string of the molecule is CC1CCCC(S(=O)(=O)C2COCCC2N)C1. The Morgan fingerprint density at radius 3 is 2.65 bits per heavy atom. The van der Waals surface area contributed by atoms with Gasteiger partial charge in [0, 0.05) is 12.6 Å². The lowest BCUT2D eigenvalue weighted by Crippen LogP contribution is -2.51. The van der Waals surface area contributed by atoms with Gasteiger partial charge in [-0.05, 0) is 25.2 Å². The fourth-order valence-electron chi connectivity index (χ4n) is 2.99. The van der Waals surface area contributed by atoms with Crippen molar-refractivity contribution in [3.8, 4) is 0 Å². The fraction of sp³-hybridized carbons (Fsp3) is 1.00. The molecule has 0 aromatic rings. The third-order valence-corrected chi connectivity index (χ3v) is 6.82. The van der Waals surface area contributed by atoms with E-state index in [9.17, 15) is 8.42 Å². The molecule has 4 unspecified atom stereocenters. The summed E-state index contributed by atoms with van der Waals surface area (Å²) < 4.78 is 30.4. The summed E-state index contributed by atoms with van der Waals surface area (Å²) in [5, 5.41) is -0.671. The molecule has 1 saturated heterocycles. The van der Waals surface area contributed by atoms with Crippen LogP contribution in [0.1, 0.15) is 39.0 Å². The standard InChI is InChI=1S/C12H23NO3S/c1-9-3-2-4-10(7-9)17(14,15)12-8-16-6-5-11(12)13/h9-12H,2-8,13H2,1H3. The lowest BCUT2D eigenvalue weighted by Gasteiger charge is -2.34. The molecule has 0 amide bonds. The number of sulfone groups is 1. The summed E-state index contributed by atoms with van der Waals surface area (Å²) in [5.74, 6) is 0.518. The quantitative estimate of drug-likeness (QED) is 0.808. The smallest absolute Gasteiger partial charge is 0.159 e. The third kappa shape index (κ3) is 2.83. The summed E-state index contributed by atoms with van der Waals surface area (Å²) in [7, 11) is -3.12. The average molecular weight is 261 g/mol. The zero-order valence-electron chi connectivity index (χ0n) is 10.5. The Bertz CT molecular complexity index is 355. The highest BCUT2D eigenvalue weighted by Gasteiger charge is 2.40. The second-order valence-corrected chi connectivity index (χ2v) is 8.00. The molecule has 4 nitrogen and oxygen atoms in total. The van der Waals surface area contributed by atoms with Crippen LogP contribution >= 0.6 is 0 Å². The van der Waals surface area contributed by atoms with Gasteiger partial charge in [0.1, 0.15) is 5.25 Å². The second kappa shape index (κ2) is 5.24. The molecule has 1 saturated carbocycles. The highest BCUT2D eigenvalue weighted by atomic mass is 32.2. The topological polar surface area (TPSA) is 69.4 Å². The lowest BCUT2D eigenvalue weighted by molar-refractivity contribution is 0.0886. The molecular formula is C12H23NO3S. The first-order valence-corrected chi connectivity index (χ1v) is 8.19. The van der Waals surface area contributed by atoms with E-state index in [1.807, 2.05) is 0 Å². The maximum atomic E-state index is 12.5. The van der Waals surface area contributed by atoms with E-state index in [0.717, 1.165) is 25.7 Å². The zero-order valence-corrected chi connectivity index (χ0v) is 11.3. The van der Waals surface area contributed by atoms with Crippen LogP contribution in [0.5, 0.6) is 0 Å². The summed E-state index contributed by atoms with van der Waals surface area (Å²) in [5.41, 5.74) is 5.95. The van der Waals surface area contributed by atoms with Crippen LogP contribution in [-0.2, 0) is 14.6 Å². The van der Waals surface area contributed by atoms with Gasteiger partial charge in [0.2, 0.25) is 0 Å². The van der Waals surface area contributed by atoms with Crippen LogP contribution in [0, 0.1) is 5.92 Å². The Balaban J connectivity index is 2.11. The number of rotatable bonds is 2. The van der Waals surface area contributed by atoms with E-state index in [2.05, 4.69) is 6.92 Å². The molecule has 1 aliphatic carbocycles. The van der Waals surface area contributed by atoms with Gasteiger partial charge in [-0.25, -0.2) is 8.42 Å². The minimum absolute atomic E-state index is 0.191. The molecule has 2 fully saturated rings. The number of hydrogen-bond acceptors (Lipinski definition) is 4. The molecule has 17 heavy (non-hydrogen) atoms. The molecule has 2 rings (SSSR count). The van der Waals surface area contributed by atoms with Gasteiger partial charge in [0.05, 0.1) is 11.9 Å². The lowest BCUT2D eigenvalue weighted by atomic mass is 9.90. The number of nitrogens with two attached hydrogens (primary N) is 1. The molecule has 0 bridgehead atoms. The van der Waals surface area contributed by atoms with E-state index in [1.54, 1.807) is 0 Å². The van der Waals surface area contributed by atoms with Crippen LogP contribution in [0.2, 0.25) is 0 Å². The molecule has 5 heteroatoms. The Morgan fingerprint density at radius 2 is 2.00 bits per heavy atom. The Labute approximate surface area is 104 Å². The van der Waals surface area contributed by atoms with Crippen molar-refractivity contribution in [1.29, 1.82) is 0 Å². The van der Waals surface area contributed by atoms with Gasteiger partial charge < -0.3 is 10.5 Å². The van der Waals surface area contributed by atoms with Gasteiger partial charge in [0.25, 0.3) is 0 Å². The van der Waals surface area contributed by atoms with Gasteiger partial charge in [-0.15, -0.1) is 0 Å². The Kier molecular flexibility index (Phi) is 4.10. The Morgan fingerprint density at radius 1 is 1.24 bits per heavy atom. The highest BCUT2D eigenvalue weighted by molar-refractivity contribution is 7.92. The maximum Gasteiger partial charge on any atom is 0.159 e. The van der Waals surface area contributed by atoms with E-state index in [1.165, 1.54) is 0 Å². The monoisotopic (exact) mass is 261 g/mol. The first-order valence-electron chi connectivity index (χ1n) is 6.58. The summed E-state index contributed by atoms with van der Waals surface area (Å²) >= 11 is 0. The van der Waals surface area contributed by atoms with Crippen molar-refractivity contribution < 1.29 is 13.2 Å². The Hall–Kier alpha value is -0.130. The van der Waals surface area contributed by atoms with Crippen molar-refractivity contribution in [3.05, 3.63) is 0 Å². The van der Waals surface area contributed by atoms with E-state index in [0.29, 0.717) is 18.9 Å². The van der Waals surface area contributed by atoms with Crippen LogP contribution < -0.4 is 5.73 Å². The normalized spacial score (nSPS) is 40.1. The third-order valence-electron chi connectivity index (χ3n) is 4.13. The maximum absolute atomic E-state index is 12.5. The number of hydrogen-bond donors (Lipinski definition) is 1. The molecule has 4 atom stereocenters. The molecular weight excluding hydrogens is 238 g/mol. The molecule has 1 aliphatic heterocycles. The minimum atomic E-state index is -3.12. The summed E-state index contributed by atoms with van der Waals surface area (Å²) in [6, 6.07) is -0.244. The van der Waals surface area contributed by atoms with E-state index < -0.39 is 15.1 Å². The van der Waals surface area contributed by atoms with Crippen molar-refractivity contribution in [2.75, 3.05) is 13.2 Å². The van der Waals surface area contributed by atoms with Gasteiger partial charge in [-0.1, -0.05) is 19.8 Å². The van der Waals surface area contributed by atoms with Gasteiger partial charge >= 0.3 is 0 Å². The fourth-order valence-corrected chi connectivity index (χ4v) is 5.49.